The van der Waals surface area contributed by atoms with Crippen molar-refractivity contribution in [2.45, 2.75) is 19.9 Å². The van der Waals surface area contributed by atoms with Crippen LogP contribution in [0.5, 0.6) is 5.75 Å². The van der Waals surface area contributed by atoms with Crippen LogP contribution in [0.1, 0.15) is 23.5 Å². The average Bonchev–Trinajstić information content (AvgIpc) is 3.12. The Morgan fingerprint density at radius 3 is 2.48 bits per heavy atom. The summed E-state index contributed by atoms with van der Waals surface area (Å²) in [6.07, 6.45) is 0. The standard InChI is InChI=1S/C18H20ClNO4S/c1-12(2)16(20-17(21)15-4-3-11-25-15)18(22)24-10-9-23-14-7-5-13(19)6-8-14/h3-8,11-12,16H,9-10H2,1-2H3,(H,20,21). The van der Waals surface area contributed by atoms with Crippen LogP contribution in [0.3, 0.4) is 0 Å². The smallest absolute Gasteiger partial charge is 0.329 e. The van der Waals surface area contributed by atoms with Gasteiger partial charge in [0.2, 0.25) is 0 Å². The Hall–Kier alpha value is -2.05. The second-order valence-corrected chi connectivity index (χ2v) is 7.03. The minimum atomic E-state index is -0.704. The maximum absolute atomic E-state index is 12.2. The molecule has 1 heterocycles. The van der Waals surface area contributed by atoms with Crippen molar-refractivity contribution in [3.05, 3.63) is 51.7 Å². The van der Waals surface area contributed by atoms with Crippen LogP contribution in [0.4, 0.5) is 0 Å². The van der Waals surface area contributed by atoms with E-state index >= 15 is 0 Å². The highest BCUT2D eigenvalue weighted by Crippen LogP contribution is 2.15. The molecule has 1 aromatic heterocycles. The molecule has 2 aromatic rings. The molecule has 1 atom stereocenters. The minimum absolute atomic E-state index is 0.0893. The molecule has 2 rings (SSSR count). The van der Waals surface area contributed by atoms with Gasteiger partial charge in [0.25, 0.3) is 5.91 Å². The van der Waals surface area contributed by atoms with Gasteiger partial charge >= 0.3 is 5.97 Å². The number of hydrogen-bond donors (Lipinski definition) is 1. The van der Waals surface area contributed by atoms with E-state index in [4.69, 9.17) is 21.1 Å². The fourth-order valence-corrected chi connectivity index (χ4v) is 2.79. The van der Waals surface area contributed by atoms with E-state index in [0.29, 0.717) is 15.6 Å². The van der Waals surface area contributed by atoms with Gasteiger partial charge in [-0.15, -0.1) is 11.3 Å². The van der Waals surface area contributed by atoms with Gasteiger partial charge < -0.3 is 14.8 Å². The quantitative estimate of drug-likeness (QED) is 0.558. The van der Waals surface area contributed by atoms with E-state index in [1.165, 1.54) is 11.3 Å². The Balaban J connectivity index is 1.79. The Kier molecular flexibility index (Phi) is 7.28. The summed E-state index contributed by atoms with van der Waals surface area (Å²) in [6, 6.07) is 9.71. The molecule has 0 bridgehead atoms. The van der Waals surface area contributed by atoms with Gasteiger partial charge in [0, 0.05) is 5.02 Å². The van der Waals surface area contributed by atoms with Crippen LogP contribution in [-0.4, -0.2) is 31.1 Å². The summed E-state index contributed by atoms with van der Waals surface area (Å²) >= 11 is 7.12. The van der Waals surface area contributed by atoms with Crippen LogP contribution in [0, 0.1) is 5.92 Å². The molecule has 1 amide bonds. The highest BCUT2D eigenvalue weighted by molar-refractivity contribution is 7.12. The van der Waals surface area contributed by atoms with Gasteiger partial charge in [-0.05, 0) is 41.6 Å². The van der Waals surface area contributed by atoms with Crippen LogP contribution in [-0.2, 0) is 9.53 Å². The molecule has 0 aliphatic heterocycles. The third kappa shape index (κ3) is 6.07. The maximum atomic E-state index is 12.2. The van der Waals surface area contributed by atoms with Crippen molar-refractivity contribution in [1.29, 1.82) is 0 Å². The highest BCUT2D eigenvalue weighted by Gasteiger charge is 2.26. The number of amides is 1. The lowest BCUT2D eigenvalue weighted by atomic mass is 10.0. The Morgan fingerprint density at radius 1 is 1.16 bits per heavy atom. The number of thiophene rings is 1. The second kappa shape index (κ2) is 9.44. The van der Waals surface area contributed by atoms with E-state index in [-0.39, 0.29) is 25.0 Å². The molecule has 0 aliphatic rings. The van der Waals surface area contributed by atoms with Crippen LogP contribution in [0.25, 0.3) is 0 Å². The van der Waals surface area contributed by atoms with Crippen molar-refractivity contribution < 1.29 is 19.1 Å². The minimum Gasteiger partial charge on any atom is -0.490 e. The zero-order chi connectivity index (χ0) is 18.2. The summed E-state index contributed by atoms with van der Waals surface area (Å²) in [6.45, 7) is 4.02. The molecule has 134 valence electrons. The number of carbonyl (C=O) groups is 2. The fourth-order valence-electron chi connectivity index (χ4n) is 2.04. The molecule has 0 saturated carbocycles. The maximum Gasteiger partial charge on any atom is 0.329 e. The van der Waals surface area contributed by atoms with Crippen LogP contribution in [0.15, 0.2) is 41.8 Å². The van der Waals surface area contributed by atoms with Crippen LogP contribution >= 0.6 is 22.9 Å². The molecular formula is C18H20ClNO4S. The zero-order valence-corrected chi connectivity index (χ0v) is 15.6. The van der Waals surface area contributed by atoms with Gasteiger partial charge in [0.15, 0.2) is 0 Å². The lowest BCUT2D eigenvalue weighted by Gasteiger charge is -2.20. The first-order valence-electron chi connectivity index (χ1n) is 7.86. The summed E-state index contributed by atoms with van der Waals surface area (Å²) in [5.41, 5.74) is 0. The van der Waals surface area contributed by atoms with Gasteiger partial charge in [-0.2, -0.15) is 0 Å². The number of esters is 1. The SMILES string of the molecule is CC(C)C(NC(=O)c1cccs1)C(=O)OCCOc1ccc(Cl)cc1. The number of rotatable bonds is 8. The van der Waals surface area contributed by atoms with Gasteiger partial charge in [0.1, 0.15) is 25.0 Å². The van der Waals surface area contributed by atoms with E-state index in [1.54, 1.807) is 36.4 Å². The molecule has 0 radical (unpaired) electrons. The van der Waals surface area contributed by atoms with Crippen molar-refractivity contribution in [1.82, 2.24) is 5.32 Å². The molecule has 1 N–H and O–H groups in total. The Labute approximate surface area is 155 Å². The van der Waals surface area contributed by atoms with Gasteiger partial charge in [-0.1, -0.05) is 31.5 Å². The van der Waals surface area contributed by atoms with E-state index in [9.17, 15) is 9.59 Å². The predicted molar refractivity (Wildman–Crippen MR) is 98.3 cm³/mol. The van der Waals surface area contributed by atoms with Crippen molar-refractivity contribution in [3.63, 3.8) is 0 Å². The lowest BCUT2D eigenvalue weighted by molar-refractivity contribution is -0.147. The molecule has 7 heteroatoms. The van der Waals surface area contributed by atoms with Crippen molar-refractivity contribution in [2.75, 3.05) is 13.2 Å². The predicted octanol–water partition coefficient (Wildman–Crippen LogP) is 3.78. The molecule has 0 aliphatic carbocycles. The van der Waals surface area contributed by atoms with E-state index < -0.39 is 12.0 Å². The number of halogens is 1. The first-order valence-corrected chi connectivity index (χ1v) is 9.12. The second-order valence-electron chi connectivity index (χ2n) is 5.64. The third-order valence-corrected chi connectivity index (χ3v) is 4.48. The molecule has 1 unspecified atom stereocenters. The number of carbonyl (C=O) groups excluding carboxylic acids is 2. The lowest BCUT2D eigenvalue weighted by Crippen LogP contribution is -2.45. The average molecular weight is 382 g/mol. The van der Waals surface area contributed by atoms with Crippen molar-refractivity contribution in [3.8, 4) is 5.75 Å². The van der Waals surface area contributed by atoms with Crippen molar-refractivity contribution >= 4 is 34.8 Å². The molecule has 1 aromatic carbocycles. The molecule has 0 saturated heterocycles. The summed E-state index contributed by atoms with van der Waals surface area (Å²) < 4.78 is 10.7. The first-order chi connectivity index (χ1) is 12.0. The molecular weight excluding hydrogens is 362 g/mol. The van der Waals surface area contributed by atoms with Gasteiger partial charge in [0.05, 0.1) is 4.88 Å². The van der Waals surface area contributed by atoms with E-state index in [2.05, 4.69) is 5.32 Å². The van der Waals surface area contributed by atoms with Crippen LogP contribution in [0.2, 0.25) is 5.02 Å². The monoisotopic (exact) mass is 381 g/mol. The van der Waals surface area contributed by atoms with Crippen LogP contribution < -0.4 is 10.1 Å². The fraction of sp³-hybridized carbons (Fsp3) is 0.333. The Bertz CT molecular complexity index is 686. The number of hydrogen-bond acceptors (Lipinski definition) is 5. The van der Waals surface area contributed by atoms with Gasteiger partial charge in [-0.3, -0.25) is 4.79 Å². The number of benzene rings is 1. The zero-order valence-electron chi connectivity index (χ0n) is 14.0. The topological polar surface area (TPSA) is 64.6 Å². The normalized spacial score (nSPS) is 11.8. The molecule has 5 nitrogen and oxygen atoms in total. The van der Waals surface area contributed by atoms with Gasteiger partial charge in [-0.25, -0.2) is 4.79 Å². The summed E-state index contributed by atoms with van der Waals surface area (Å²) in [7, 11) is 0. The highest BCUT2D eigenvalue weighted by atomic mass is 35.5. The molecule has 25 heavy (non-hydrogen) atoms. The molecule has 0 spiro atoms. The van der Waals surface area contributed by atoms with E-state index in [1.807, 2.05) is 19.2 Å². The third-order valence-electron chi connectivity index (χ3n) is 3.36. The molecule has 0 fully saturated rings. The van der Waals surface area contributed by atoms with E-state index in [0.717, 1.165) is 0 Å². The summed E-state index contributed by atoms with van der Waals surface area (Å²) in [5, 5.41) is 5.16. The number of nitrogens with one attached hydrogen (secondary N) is 1. The summed E-state index contributed by atoms with van der Waals surface area (Å²) in [4.78, 5) is 24.9. The van der Waals surface area contributed by atoms with Crippen molar-refractivity contribution in [2.24, 2.45) is 5.92 Å². The summed E-state index contributed by atoms with van der Waals surface area (Å²) in [5.74, 6) is -0.192. The first kappa shape index (κ1) is 19.3. The largest absolute Gasteiger partial charge is 0.490 e. The Morgan fingerprint density at radius 2 is 1.88 bits per heavy atom. The number of ether oxygens (including phenoxy) is 2.